The fourth-order valence-electron chi connectivity index (χ4n) is 1.83. The maximum atomic E-state index is 10.6. The number of likely N-dealkylation sites (N-methyl/N-ethyl adjacent to an activating group) is 1. The zero-order valence-corrected chi connectivity index (χ0v) is 11.9. The van der Waals surface area contributed by atoms with Crippen molar-refractivity contribution in [3.63, 3.8) is 0 Å². The Kier molecular flexibility index (Phi) is 4.34. The van der Waals surface area contributed by atoms with Crippen LogP contribution in [0.15, 0.2) is 45.3 Å². The minimum atomic E-state index is -0.532. The Bertz CT molecular complexity index is 566. The van der Waals surface area contributed by atoms with Gasteiger partial charge in [0.15, 0.2) is 0 Å². The quantitative estimate of drug-likeness (QED) is 0.675. The molecule has 1 unspecified atom stereocenters. The average Bonchev–Trinajstić information content (AvgIpc) is 2.88. The van der Waals surface area contributed by atoms with Gasteiger partial charge < -0.3 is 9.73 Å². The number of hydrogen-bond acceptors (Lipinski definition) is 4. The Balaban J connectivity index is 2.15. The normalized spacial score (nSPS) is 12.3. The molecule has 2 rings (SSSR count). The van der Waals surface area contributed by atoms with E-state index >= 15 is 0 Å². The fourth-order valence-corrected chi connectivity index (χ4v) is 2.09. The third-order valence-corrected chi connectivity index (χ3v) is 3.37. The summed E-state index contributed by atoms with van der Waals surface area (Å²) in [7, 11) is 1.80. The van der Waals surface area contributed by atoms with Crippen LogP contribution in [0.5, 0.6) is 0 Å². The van der Waals surface area contributed by atoms with Gasteiger partial charge in [-0.1, -0.05) is 28.1 Å². The molecule has 0 amide bonds. The number of hydrogen-bond donors (Lipinski definition) is 1. The summed E-state index contributed by atoms with van der Waals surface area (Å²) in [5.74, 6) is 0.336. The number of nitro groups is 1. The molecule has 1 atom stereocenters. The van der Waals surface area contributed by atoms with Crippen LogP contribution in [0, 0.1) is 10.1 Å². The van der Waals surface area contributed by atoms with Crippen molar-refractivity contribution in [3.8, 4) is 0 Å². The van der Waals surface area contributed by atoms with Gasteiger partial charge in [-0.15, -0.1) is 0 Å². The SMILES string of the molecule is CNC(Cc1ccc(Br)cc1)c1ccc([N+](=O)[O-])o1. The second kappa shape index (κ2) is 5.99. The van der Waals surface area contributed by atoms with E-state index < -0.39 is 4.92 Å². The van der Waals surface area contributed by atoms with Crippen molar-refractivity contribution in [1.82, 2.24) is 5.32 Å². The average molecular weight is 325 g/mol. The van der Waals surface area contributed by atoms with Crippen LogP contribution in [0.3, 0.4) is 0 Å². The molecule has 0 fully saturated rings. The van der Waals surface area contributed by atoms with E-state index in [9.17, 15) is 10.1 Å². The number of benzene rings is 1. The van der Waals surface area contributed by atoms with Crippen LogP contribution in [0.25, 0.3) is 0 Å². The molecule has 6 heteroatoms. The first-order valence-corrected chi connectivity index (χ1v) is 6.55. The van der Waals surface area contributed by atoms with Gasteiger partial charge in [0.25, 0.3) is 0 Å². The van der Waals surface area contributed by atoms with E-state index in [2.05, 4.69) is 21.2 Å². The standard InChI is InChI=1S/C13H13BrN2O3/c1-15-11(8-9-2-4-10(14)5-3-9)12-6-7-13(19-12)16(17)18/h2-7,11,15H,8H2,1H3. The summed E-state index contributed by atoms with van der Waals surface area (Å²) in [6, 6.07) is 10.9. The highest BCUT2D eigenvalue weighted by Gasteiger charge is 2.18. The number of halogens is 1. The molecule has 0 radical (unpaired) electrons. The first-order valence-electron chi connectivity index (χ1n) is 5.76. The molecule has 0 saturated heterocycles. The van der Waals surface area contributed by atoms with Crippen LogP contribution in [0.1, 0.15) is 17.4 Å². The predicted octanol–water partition coefficient (Wildman–Crippen LogP) is 3.45. The Morgan fingerprint density at radius 1 is 1.32 bits per heavy atom. The number of rotatable bonds is 5. The lowest BCUT2D eigenvalue weighted by atomic mass is 10.0. The molecule has 1 heterocycles. The number of nitrogens with zero attached hydrogens (tertiary/aromatic N) is 1. The molecule has 1 aromatic carbocycles. The molecule has 0 aliphatic rings. The van der Waals surface area contributed by atoms with E-state index in [1.807, 2.05) is 24.3 Å². The monoisotopic (exact) mass is 324 g/mol. The second-order valence-electron chi connectivity index (χ2n) is 4.10. The van der Waals surface area contributed by atoms with Crippen LogP contribution in [-0.2, 0) is 6.42 Å². The largest absolute Gasteiger partial charge is 0.433 e. The summed E-state index contributed by atoms with van der Waals surface area (Å²) in [4.78, 5) is 10.1. The zero-order valence-electron chi connectivity index (χ0n) is 10.3. The van der Waals surface area contributed by atoms with Gasteiger partial charge in [0.2, 0.25) is 0 Å². The van der Waals surface area contributed by atoms with Crippen molar-refractivity contribution < 1.29 is 9.34 Å². The molecular formula is C13H13BrN2O3. The Morgan fingerprint density at radius 2 is 2.00 bits per heavy atom. The Labute approximate surface area is 118 Å². The molecule has 1 aromatic heterocycles. The number of furan rings is 1. The van der Waals surface area contributed by atoms with Crippen molar-refractivity contribution in [3.05, 3.63) is 62.3 Å². The second-order valence-corrected chi connectivity index (χ2v) is 5.02. The number of nitrogens with one attached hydrogen (secondary N) is 1. The van der Waals surface area contributed by atoms with Gasteiger partial charge in [-0.3, -0.25) is 10.1 Å². The lowest BCUT2D eigenvalue weighted by molar-refractivity contribution is -0.402. The van der Waals surface area contributed by atoms with Crippen LogP contribution < -0.4 is 5.32 Å². The first kappa shape index (κ1) is 13.8. The van der Waals surface area contributed by atoms with Crippen molar-refractivity contribution in [2.45, 2.75) is 12.5 Å². The molecule has 0 aliphatic carbocycles. The summed E-state index contributed by atoms with van der Waals surface area (Å²) >= 11 is 3.38. The van der Waals surface area contributed by atoms with Gasteiger partial charge in [-0.25, -0.2) is 0 Å². The van der Waals surface area contributed by atoms with Crippen LogP contribution >= 0.6 is 15.9 Å². The molecule has 5 nitrogen and oxygen atoms in total. The van der Waals surface area contributed by atoms with Gasteiger partial charge >= 0.3 is 5.88 Å². The smallest absolute Gasteiger partial charge is 0.404 e. The highest BCUT2D eigenvalue weighted by Crippen LogP contribution is 2.24. The summed E-state index contributed by atoms with van der Waals surface area (Å²) < 4.78 is 6.24. The van der Waals surface area contributed by atoms with Crippen LogP contribution in [0.2, 0.25) is 0 Å². The van der Waals surface area contributed by atoms with Crippen molar-refractivity contribution in [2.24, 2.45) is 0 Å². The van der Waals surface area contributed by atoms with Crippen molar-refractivity contribution >= 4 is 21.8 Å². The van der Waals surface area contributed by atoms with E-state index in [0.717, 1.165) is 10.0 Å². The third kappa shape index (κ3) is 3.42. The molecular weight excluding hydrogens is 312 g/mol. The molecule has 0 bridgehead atoms. The van der Waals surface area contributed by atoms with Gasteiger partial charge in [0.05, 0.1) is 12.1 Å². The summed E-state index contributed by atoms with van der Waals surface area (Å²) in [5.41, 5.74) is 1.13. The van der Waals surface area contributed by atoms with Crippen molar-refractivity contribution in [2.75, 3.05) is 7.05 Å². The molecule has 0 spiro atoms. The summed E-state index contributed by atoms with van der Waals surface area (Å²) in [5, 5.41) is 13.7. The molecule has 19 heavy (non-hydrogen) atoms. The minimum absolute atomic E-state index is 0.0881. The van der Waals surface area contributed by atoms with Crippen molar-refractivity contribution in [1.29, 1.82) is 0 Å². The minimum Gasteiger partial charge on any atom is -0.404 e. The Hall–Kier alpha value is -1.66. The lowest BCUT2D eigenvalue weighted by Crippen LogP contribution is -2.18. The van der Waals surface area contributed by atoms with Gasteiger partial charge in [0, 0.05) is 4.47 Å². The molecule has 0 saturated carbocycles. The van der Waals surface area contributed by atoms with Gasteiger partial charge in [-0.05, 0) is 37.2 Å². The van der Waals surface area contributed by atoms with Gasteiger partial charge in [-0.2, -0.15) is 0 Å². The maximum absolute atomic E-state index is 10.6. The van der Waals surface area contributed by atoms with E-state index in [-0.39, 0.29) is 11.9 Å². The molecule has 1 N–H and O–H groups in total. The maximum Gasteiger partial charge on any atom is 0.433 e. The summed E-state index contributed by atoms with van der Waals surface area (Å²) in [6.45, 7) is 0. The summed E-state index contributed by atoms with van der Waals surface area (Å²) in [6.07, 6.45) is 0.703. The Morgan fingerprint density at radius 3 is 2.53 bits per heavy atom. The highest BCUT2D eigenvalue weighted by molar-refractivity contribution is 9.10. The molecule has 100 valence electrons. The zero-order chi connectivity index (χ0) is 13.8. The third-order valence-electron chi connectivity index (χ3n) is 2.84. The van der Waals surface area contributed by atoms with Crippen LogP contribution in [0.4, 0.5) is 5.88 Å². The highest BCUT2D eigenvalue weighted by atomic mass is 79.9. The first-order chi connectivity index (χ1) is 9.10. The predicted molar refractivity (Wildman–Crippen MR) is 75.0 cm³/mol. The van der Waals surface area contributed by atoms with E-state index in [1.165, 1.54) is 6.07 Å². The van der Waals surface area contributed by atoms with Crippen LogP contribution in [-0.4, -0.2) is 12.0 Å². The van der Waals surface area contributed by atoms with Gasteiger partial charge in [0.1, 0.15) is 10.7 Å². The van der Waals surface area contributed by atoms with E-state index in [4.69, 9.17) is 4.42 Å². The molecule has 2 aromatic rings. The van der Waals surface area contributed by atoms with E-state index in [0.29, 0.717) is 12.2 Å². The van der Waals surface area contributed by atoms with E-state index in [1.54, 1.807) is 13.1 Å². The molecule has 0 aliphatic heterocycles. The lowest BCUT2D eigenvalue weighted by Gasteiger charge is -2.13. The topological polar surface area (TPSA) is 68.3 Å². The fraction of sp³-hybridized carbons (Fsp3) is 0.231.